The molecular formula is C32H35BrN2O3S. The molecule has 3 atom stereocenters. The molecule has 0 radical (unpaired) electrons. The smallest absolute Gasteiger partial charge is 0.262 e. The minimum atomic E-state index is -0.142. The second kappa shape index (κ2) is 13.0. The highest BCUT2D eigenvalue weighted by Gasteiger charge is 2.42. The summed E-state index contributed by atoms with van der Waals surface area (Å²) in [6, 6.07) is 24.3. The Balaban J connectivity index is 1.38. The topological polar surface area (TPSA) is 50.8 Å². The zero-order valence-corrected chi connectivity index (χ0v) is 24.8. The highest BCUT2D eigenvalue weighted by atomic mass is 79.9. The number of halogens is 1. The number of para-hydroxylation sites is 1. The molecule has 1 heterocycles. The van der Waals surface area contributed by atoms with Gasteiger partial charge in [-0.25, -0.2) is 0 Å². The molecule has 5 rings (SSSR count). The van der Waals surface area contributed by atoms with Crippen LogP contribution in [0.15, 0.2) is 82.2 Å². The van der Waals surface area contributed by atoms with Gasteiger partial charge in [0.05, 0.1) is 11.5 Å². The van der Waals surface area contributed by atoms with Gasteiger partial charge in [-0.05, 0) is 79.3 Å². The second-order valence-electron chi connectivity index (χ2n) is 10.1. The van der Waals surface area contributed by atoms with Crippen molar-refractivity contribution < 1.29 is 14.3 Å². The average Bonchev–Trinajstić information content (AvgIpc) is 3.24. The van der Waals surface area contributed by atoms with E-state index in [0.717, 1.165) is 39.0 Å². The first-order chi connectivity index (χ1) is 19.0. The Kier molecular flexibility index (Phi) is 9.20. The summed E-state index contributed by atoms with van der Waals surface area (Å²) in [5, 5.41) is 3.61. The minimum absolute atomic E-state index is 0.0979. The van der Waals surface area contributed by atoms with Crippen molar-refractivity contribution in [2.45, 2.75) is 57.7 Å². The number of ether oxygens (including phenoxy) is 2. The molecule has 2 aliphatic rings. The Labute approximate surface area is 244 Å². The fourth-order valence-corrected chi connectivity index (χ4v) is 6.74. The molecule has 0 aromatic heterocycles. The van der Waals surface area contributed by atoms with Gasteiger partial charge in [0.25, 0.3) is 5.91 Å². The molecule has 1 N–H and O–H groups in total. The van der Waals surface area contributed by atoms with E-state index in [0.29, 0.717) is 30.6 Å². The first kappa shape index (κ1) is 27.7. The minimum Gasteiger partial charge on any atom is -0.490 e. The molecule has 0 spiro atoms. The third kappa shape index (κ3) is 6.82. The molecule has 0 bridgehead atoms. The predicted molar refractivity (Wildman–Crippen MR) is 164 cm³/mol. The largest absolute Gasteiger partial charge is 0.490 e. The number of thioether (sulfide) groups is 1. The van der Waals surface area contributed by atoms with Crippen molar-refractivity contribution in [1.29, 1.82) is 0 Å². The van der Waals surface area contributed by atoms with E-state index in [-0.39, 0.29) is 17.4 Å². The lowest BCUT2D eigenvalue weighted by atomic mass is 9.85. The van der Waals surface area contributed by atoms with Crippen LogP contribution in [-0.2, 0) is 11.4 Å². The Bertz CT molecular complexity index is 1300. The van der Waals surface area contributed by atoms with Crippen LogP contribution in [0.3, 0.4) is 0 Å². The maximum atomic E-state index is 13.9. The van der Waals surface area contributed by atoms with E-state index < -0.39 is 0 Å². The van der Waals surface area contributed by atoms with Crippen molar-refractivity contribution in [2.75, 3.05) is 11.9 Å². The van der Waals surface area contributed by atoms with Gasteiger partial charge in [-0.1, -0.05) is 83.9 Å². The van der Waals surface area contributed by atoms with E-state index in [2.05, 4.69) is 45.2 Å². The quantitative estimate of drug-likeness (QED) is 0.248. The zero-order chi connectivity index (χ0) is 27.2. The molecule has 39 heavy (non-hydrogen) atoms. The van der Waals surface area contributed by atoms with E-state index in [9.17, 15) is 4.79 Å². The van der Waals surface area contributed by atoms with Crippen LogP contribution >= 0.6 is 27.7 Å². The number of nitrogens with zero attached hydrogens (tertiary/aromatic N) is 1. The molecule has 3 aromatic rings. The van der Waals surface area contributed by atoms with Crippen LogP contribution in [0.2, 0.25) is 0 Å². The van der Waals surface area contributed by atoms with Gasteiger partial charge >= 0.3 is 0 Å². The average molecular weight is 608 g/mol. The molecule has 1 amide bonds. The molecule has 1 unspecified atom stereocenters. The highest BCUT2D eigenvalue weighted by molar-refractivity contribution is 9.10. The summed E-state index contributed by atoms with van der Waals surface area (Å²) in [4.78, 5) is 16.7. The van der Waals surface area contributed by atoms with E-state index in [1.165, 1.54) is 12.8 Å². The van der Waals surface area contributed by atoms with Gasteiger partial charge in [-0.3, -0.25) is 4.79 Å². The fourth-order valence-electron chi connectivity index (χ4n) is 5.26. The van der Waals surface area contributed by atoms with Crippen LogP contribution in [-0.4, -0.2) is 29.0 Å². The van der Waals surface area contributed by atoms with Crippen molar-refractivity contribution in [2.24, 2.45) is 5.92 Å². The third-order valence-electron chi connectivity index (χ3n) is 7.30. The summed E-state index contributed by atoms with van der Waals surface area (Å²) in [6.45, 7) is 5.22. The molecule has 7 heteroatoms. The SMILES string of the molecule is CCOc1cc(/C=C2\SC(Nc3ccccc3)N([C@@H]3CCCC[C@@H]3C)C2=O)ccc1OCc1ccc(Br)cc1. The van der Waals surface area contributed by atoms with Gasteiger partial charge in [0.1, 0.15) is 6.61 Å². The van der Waals surface area contributed by atoms with Crippen LogP contribution in [0, 0.1) is 5.92 Å². The van der Waals surface area contributed by atoms with Crippen molar-refractivity contribution in [3.63, 3.8) is 0 Å². The van der Waals surface area contributed by atoms with Gasteiger partial charge in [0, 0.05) is 16.2 Å². The molecule has 5 nitrogen and oxygen atoms in total. The fraction of sp³-hybridized carbons (Fsp3) is 0.344. The number of carbonyl (C=O) groups is 1. The maximum Gasteiger partial charge on any atom is 0.262 e. The Morgan fingerprint density at radius 2 is 1.77 bits per heavy atom. The van der Waals surface area contributed by atoms with Crippen LogP contribution in [0.1, 0.15) is 50.7 Å². The first-order valence-corrected chi connectivity index (χ1v) is 15.4. The van der Waals surface area contributed by atoms with Crippen molar-refractivity contribution in [3.05, 3.63) is 93.3 Å². The molecule has 1 saturated carbocycles. The zero-order valence-electron chi connectivity index (χ0n) is 22.4. The summed E-state index contributed by atoms with van der Waals surface area (Å²) >= 11 is 5.07. The number of hydrogen-bond donors (Lipinski definition) is 1. The number of anilines is 1. The summed E-state index contributed by atoms with van der Waals surface area (Å²) in [6.07, 6.45) is 6.60. The van der Waals surface area contributed by atoms with Crippen LogP contribution < -0.4 is 14.8 Å². The molecule has 204 valence electrons. The van der Waals surface area contributed by atoms with Crippen molar-refractivity contribution in [1.82, 2.24) is 4.90 Å². The lowest BCUT2D eigenvalue weighted by Gasteiger charge is -2.39. The van der Waals surface area contributed by atoms with Gasteiger partial charge in [-0.15, -0.1) is 0 Å². The number of hydrogen-bond acceptors (Lipinski definition) is 5. The number of benzene rings is 3. The predicted octanol–water partition coefficient (Wildman–Crippen LogP) is 8.32. The Morgan fingerprint density at radius 3 is 2.51 bits per heavy atom. The van der Waals surface area contributed by atoms with Crippen LogP contribution in [0.5, 0.6) is 11.5 Å². The van der Waals surface area contributed by atoms with Gasteiger partial charge in [0.15, 0.2) is 17.0 Å². The standard InChI is InChI=1S/C32H35BrN2O3S/c1-3-37-29-19-24(15-18-28(29)38-21-23-13-16-25(33)17-14-23)20-30-31(36)35(27-12-8-7-9-22(27)2)32(39-30)34-26-10-5-4-6-11-26/h4-6,10-11,13-20,22,27,32,34H,3,7-9,12,21H2,1-2H3/b30-20-/t22-,27+,32?/m0/s1. The summed E-state index contributed by atoms with van der Waals surface area (Å²) in [5.74, 6) is 1.94. The second-order valence-corrected chi connectivity index (χ2v) is 12.1. The summed E-state index contributed by atoms with van der Waals surface area (Å²) in [5.41, 5.74) is 2.87. The van der Waals surface area contributed by atoms with Crippen molar-refractivity contribution in [3.8, 4) is 11.5 Å². The monoisotopic (exact) mass is 606 g/mol. The Morgan fingerprint density at radius 1 is 1.00 bits per heavy atom. The molecule has 2 fully saturated rings. The maximum absolute atomic E-state index is 13.9. The molecule has 1 aliphatic carbocycles. The third-order valence-corrected chi connectivity index (χ3v) is 8.94. The number of nitrogens with one attached hydrogen (secondary N) is 1. The molecule has 1 saturated heterocycles. The lowest BCUT2D eigenvalue weighted by molar-refractivity contribution is -0.129. The number of amides is 1. The van der Waals surface area contributed by atoms with Gasteiger partial charge in [0.2, 0.25) is 0 Å². The summed E-state index contributed by atoms with van der Waals surface area (Å²) < 4.78 is 13.1. The summed E-state index contributed by atoms with van der Waals surface area (Å²) in [7, 11) is 0. The van der Waals surface area contributed by atoms with Crippen LogP contribution in [0.25, 0.3) is 6.08 Å². The van der Waals surface area contributed by atoms with E-state index in [1.807, 2.05) is 73.7 Å². The molecule has 1 aliphatic heterocycles. The van der Waals surface area contributed by atoms with Crippen molar-refractivity contribution >= 4 is 45.4 Å². The first-order valence-electron chi connectivity index (χ1n) is 13.7. The van der Waals surface area contributed by atoms with Crippen LogP contribution in [0.4, 0.5) is 5.69 Å². The van der Waals surface area contributed by atoms with E-state index in [1.54, 1.807) is 11.8 Å². The van der Waals surface area contributed by atoms with E-state index in [4.69, 9.17) is 9.47 Å². The molecular weight excluding hydrogens is 572 g/mol. The van der Waals surface area contributed by atoms with E-state index >= 15 is 0 Å². The van der Waals surface area contributed by atoms with Gasteiger partial charge < -0.3 is 19.7 Å². The normalized spacial score (nSPS) is 22.2. The lowest BCUT2D eigenvalue weighted by Crippen LogP contribution is -2.48. The highest BCUT2D eigenvalue weighted by Crippen LogP contribution is 2.42. The molecule has 3 aromatic carbocycles. The number of carbonyl (C=O) groups excluding carboxylic acids is 1. The van der Waals surface area contributed by atoms with Gasteiger partial charge in [-0.2, -0.15) is 0 Å². The number of rotatable bonds is 9. The Hall–Kier alpha value is -2.90.